The topological polar surface area (TPSA) is 66.0 Å². The van der Waals surface area contributed by atoms with E-state index in [9.17, 15) is 14.4 Å². The van der Waals surface area contributed by atoms with Crippen LogP contribution >= 0.6 is 0 Å². The van der Waals surface area contributed by atoms with Crippen LogP contribution in [0.15, 0.2) is 14.4 Å². The summed E-state index contributed by atoms with van der Waals surface area (Å²) in [7, 11) is 0. The van der Waals surface area contributed by atoms with Crippen LogP contribution in [0.1, 0.15) is 0 Å². The number of rotatable bonds is 1. The Balaban J connectivity index is 3.99. The highest BCUT2D eigenvalue weighted by atomic mass is 16.2. The van der Waals surface area contributed by atoms with Crippen LogP contribution in [0.2, 0.25) is 0 Å². The van der Waals surface area contributed by atoms with Crippen molar-refractivity contribution in [3.05, 3.63) is 31.5 Å². The molecule has 78 valence electrons. The molecule has 0 atom stereocenters. The van der Waals surface area contributed by atoms with E-state index in [-0.39, 0.29) is 6.54 Å². The van der Waals surface area contributed by atoms with Crippen LogP contribution in [0.5, 0.6) is 0 Å². The third kappa shape index (κ3) is 1.43. The molecule has 0 amide bonds. The van der Waals surface area contributed by atoms with Crippen LogP contribution in [0.3, 0.4) is 0 Å². The Bertz CT molecular complexity index is 673. The summed E-state index contributed by atoms with van der Waals surface area (Å²) in [4.78, 5) is 34.4. The lowest BCUT2D eigenvalue weighted by Crippen LogP contribution is -2.52. The predicted octanol–water partition coefficient (Wildman–Crippen LogP) is -2.32. The van der Waals surface area contributed by atoms with Crippen molar-refractivity contribution in [1.82, 2.24) is 13.7 Å². The van der Waals surface area contributed by atoms with Crippen molar-refractivity contribution in [2.45, 2.75) is 6.54 Å². The number of terminal acetylenes is 3. The summed E-state index contributed by atoms with van der Waals surface area (Å²) < 4.78 is 1.35. The van der Waals surface area contributed by atoms with Gasteiger partial charge in [-0.05, 0) is 0 Å². The quantitative estimate of drug-likeness (QED) is 0.494. The molecule has 0 spiro atoms. The summed E-state index contributed by atoms with van der Waals surface area (Å²) in [6.45, 7) is -0.318. The Morgan fingerprint density at radius 3 is 1.62 bits per heavy atom. The van der Waals surface area contributed by atoms with Gasteiger partial charge in [-0.25, -0.2) is 19.0 Å². The highest BCUT2D eigenvalue weighted by Gasteiger charge is 2.11. The third-order valence-electron chi connectivity index (χ3n) is 1.73. The average Bonchev–Trinajstić information content (AvgIpc) is 2.26. The first-order valence-corrected chi connectivity index (χ1v) is 3.94. The summed E-state index contributed by atoms with van der Waals surface area (Å²) in [6.07, 6.45) is 14.9. The maximum absolute atomic E-state index is 11.5. The van der Waals surface area contributed by atoms with Crippen LogP contribution in [0, 0.1) is 37.3 Å². The van der Waals surface area contributed by atoms with Gasteiger partial charge in [-0.2, -0.15) is 9.13 Å². The molecule has 0 radical (unpaired) electrons. The van der Waals surface area contributed by atoms with Gasteiger partial charge in [0, 0.05) is 12.1 Å². The monoisotopic (exact) mass is 215 g/mol. The third-order valence-corrected chi connectivity index (χ3v) is 1.73. The highest BCUT2D eigenvalue weighted by molar-refractivity contribution is 5.01. The lowest BCUT2D eigenvalue weighted by Gasteiger charge is -2.03. The first-order valence-electron chi connectivity index (χ1n) is 3.94. The van der Waals surface area contributed by atoms with Gasteiger partial charge in [0.05, 0.1) is 6.54 Å². The molecule has 0 aromatic carbocycles. The van der Waals surface area contributed by atoms with Crippen molar-refractivity contribution in [1.29, 1.82) is 0 Å². The van der Waals surface area contributed by atoms with E-state index in [1.54, 1.807) is 0 Å². The minimum absolute atomic E-state index is 0.318. The Morgan fingerprint density at radius 1 is 0.875 bits per heavy atom. The van der Waals surface area contributed by atoms with Crippen molar-refractivity contribution in [2.75, 3.05) is 0 Å². The molecule has 6 nitrogen and oxygen atoms in total. The lowest BCUT2D eigenvalue weighted by molar-refractivity contribution is 0.607. The summed E-state index contributed by atoms with van der Waals surface area (Å²) >= 11 is 0. The van der Waals surface area contributed by atoms with Gasteiger partial charge in [-0.3, -0.25) is 0 Å². The van der Waals surface area contributed by atoms with Gasteiger partial charge in [0.25, 0.3) is 0 Å². The highest BCUT2D eigenvalue weighted by Crippen LogP contribution is 1.69. The fourth-order valence-electron chi connectivity index (χ4n) is 1.03. The SMILES string of the molecule is C#CCn1c(=O)n(C#C)c(=O)n(C#C)c1=O. The second-order valence-electron chi connectivity index (χ2n) is 2.57. The first kappa shape index (κ1) is 11.2. The Labute approximate surface area is 89.8 Å². The minimum atomic E-state index is -1.06. The van der Waals surface area contributed by atoms with Gasteiger partial charge in [0.15, 0.2) is 0 Å². The van der Waals surface area contributed by atoms with E-state index in [4.69, 9.17) is 19.3 Å². The smallest absolute Gasteiger partial charge is 0.246 e. The van der Waals surface area contributed by atoms with E-state index in [0.29, 0.717) is 13.7 Å². The number of hydrogen-bond donors (Lipinski definition) is 0. The fraction of sp³-hybridized carbons (Fsp3) is 0.100. The molecule has 1 aromatic rings. The molecule has 0 bridgehead atoms. The van der Waals surface area contributed by atoms with E-state index in [0.717, 1.165) is 0 Å². The van der Waals surface area contributed by atoms with Crippen molar-refractivity contribution >= 4 is 0 Å². The molecular weight excluding hydrogens is 210 g/mol. The zero-order valence-corrected chi connectivity index (χ0v) is 8.01. The molecule has 1 rings (SSSR count). The van der Waals surface area contributed by atoms with Crippen LogP contribution in [0.25, 0.3) is 0 Å². The number of nitrogens with zero attached hydrogens (tertiary/aromatic N) is 3. The summed E-state index contributed by atoms with van der Waals surface area (Å²) in [6, 6.07) is 3.62. The van der Waals surface area contributed by atoms with E-state index in [1.807, 2.05) is 12.1 Å². The van der Waals surface area contributed by atoms with Crippen molar-refractivity contribution < 1.29 is 0 Å². The lowest BCUT2D eigenvalue weighted by atomic mass is 10.6. The average molecular weight is 215 g/mol. The van der Waals surface area contributed by atoms with E-state index in [1.165, 1.54) is 0 Å². The van der Waals surface area contributed by atoms with Crippen molar-refractivity contribution in [3.8, 4) is 37.3 Å². The zero-order chi connectivity index (χ0) is 12.3. The number of aromatic nitrogens is 3. The van der Waals surface area contributed by atoms with E-state index in [2.05, 4.69) is 5.92 Å². The molecule has 0 unspecified atom stereocenters. The normalized spacial score (nSPS) is 8.81. The molecule has 0 saturated carbocycles. The molecule has 0 aliphatic heterocycles. The first-order chi connectivity index (χ1) is 7.58. The molecule has 0 saturated heterocycles. The maximum atomic E-state index is 11.5. The minimum Gasteiger partial charge on any atom is -0.246 e. The summed E-state index contributed by atoms with van der Waals surface area (Å²) in [5, 5.41) is 0. The van der Waals surface area contributed by atoms with E-state index < -0.39 is 17.1 Å². The van der Waals surface area contributed by atoms with E-state index >= 15 is 0 Å². The van der Waals surface area contributed by atoms with Gasteiger partial charge < -0.3 is 0 Å². The zero-order valence-electron chi connectivity index (χ0n) is 8.01. The summed E-state index contributed by atoms with van der Waals surface area (Å²) in [5.41, 5.74) is -3.03. The van der Waals surface area contributed by atoms with Crippen LogP contribution in [-0.2, 0) is 6.54 Å². The molecular formula is C10H5N3O3. The van der Waals surface area contributed by atoms with Gasteiger partial charge in [0.1, 0.15) is 0 Å². The molecule has 0 aliphatic rings. The van der Waals surface area contributed by atoms with Crippen LogP contribution < -0.4 is 17.1 Å². The molecule has 0 fully saturated rings. The van der Waals surface area contributed by atoms with Crippen LogP contribution in [0.4, 0.5) is 0 Å². The fourth-order valence-corrected chi connectivity index (χ4v) is 1.03. The molecule has 1 aromatic heterocycles. The molecule has 1 heterocycles. The predicted molar refractivity (Wildman–Crippen MR) is 56.5 cm³/mol. The van der Waals surface area contributed by atoms with Gasteiger partial charge >= 0.3 is 17.1 Å². The van der Waals surface area contributed by atoms with Gasteiger partial charge in [0.2, 0.25) is 0 Å². The van der Waals surface area contributed by atoms with Crippen molar-refractivity contribution in [3.63, 3.8) is 0 Å². The standard InChI is InChI=1S/C10H5N3O3/c1-4-7-13-9(15)11(5-2)8(14)12(6-3)10(13)16/h1-3H,7H2. The maximum Gasteiger partial charge on any atom is 0.360 e. The van der Waals surface area contributed by atoms with Gasteiger partial charge in [-0.15, -0.1) is 6.42 Å². The van der Waals surface area contributed by atoms with Gasteiger partial charge in [-0.1, -0.05) is 18.8 Å². The Morgan fingerprint density at radius 2 is 1.31 bits per heavy atom. The molecule has 16 heavy (non-hydrogen) atoms. The second kappa shape index (κ2) is 4.08. The van der Waals surface area contributed by atoms with Crippen LogP contribution in [-0.4, -0.2) is 13.7 Å². The number of hydrogen-bond acceptors (Lipinski definition) is 3. The molecule has 6 heteroatoms. The largest absolute Gasteiger partial charge is 0.360 e. The van der Waals surface area contributed by atoms with Crippen molar-refractivity contribution in [2.24, 2.45) is 0 Å². The molecule has 0 aliphatic carbocycles. The Kier molecular flexibility index (Phi) is 2.85. The second-order valence-corrected chi connectivity index (χ2v) is 2.57. The Hall–Kier alpha value is -2.91. The summed E-state index contributed by atoms with van der Waals surface area (Å²) in [5.74, 6) is 2.08. The molecule has 0 N–H and O–H groups in total.